The van der Waals surface area contributed by atoms with Gasteiger partial charge in [0, 0.05) is 43.3 Å². The Morgan fingerprint density at radius 2 is 1.93 bits per heavy atom. The van der Waals surface area contributed by atoms with Crippen molar-refractivity contribution in [2.45, 2.75) is 25.7 Å². The van der Waals surface area contributed by atoms with E-state index in [1.165, 1.54) is 35.0 Å². The molecule has 0 saturated carbocycles. The number of alkyl halides is 3. The van der Waals surface area contributed by atoms with Crippen molar-refractivity contribution in [1.82, 2.24) is 19.7 Å². The number of nitriles is 1. The molecule has 15 heteroatoms. The number of carbonyl (C=O) groups is 1. The van der Waals surface area contributed by atoms with E-state index in [1.54, 1.807) is 18.9 Å². The van der Waals surface area contributed by atoms with Gasteiger partial charge in [-0.25, -0.2) is 23.2 Å². The first-order chi connectivity index (χ1) is 19.4. The fourth-order valence-corrected chi connectivity index (χ4v) is 5.72. The zero-order chi connectivity index (χ0) is 29.6. The summed E-state index contributed by atoms with van der Waals surface area (Å²) in [6, 6.07) is 7.74. The second kappa shape index (κ2) is 10.5. The van der Waals surface area contributed by atoms with Crippen molar-refractivity contribution in [2.24, 2.45) is 0 Å². The van der Waals surface area contributed by atoms with Crippen molar-refractivity contribution in [1.29, 1.82) is 5.26 Å². The lowest BCUT2D eigenvalue weighted by molar-refractivity contribution is -0.155. The number of piperazine rings is 1. The molecule has 2 aromatic carbocycles. The van der Waals surface area contributed by atoms with Crippen LogP contribution in [-0.2, 0) is 6.54 Å². The summed E-state index contributed by atoms with van der Waals surface area (Å²) in [5.74, 6) is -0.960. The minimum atomic E-state index is -4.78. The topological polar surface area (TPSA) is 102 Å². The molecule has 214 valence electrons. The molecule has 1 unspecified atom stereocenters. The molecule has 5 rings (SSSR count). The van der Waals surface area contributed by atoms with E-state index in [-0.39, 0.29) is 41.1 Å². The van der Waals surface area contributed by atoms with Crippen molar-refractivity contribution in [2.75, 3.05) is 36.5 Å². The van der Waals surface area contributed by atoms with Gasteiger partial charge in [-0.3, -0.25) is 0 Å². The predicted octanol–water partition coefficient (Wildman–Crippen LogP) is 5.83. The standard InChI is InChI=1S/C26H22F5N7O2S/c1-3-38-23(35(2)24-33-21(19(12-32)41-24)14-4-6-15(27)7-5-14)17-10-16(11-18(28)22(17)34-38)37-9-8-36(25(39)40)13-20(37)26(29,30)31/h4-7,10-11,20H,3,8-9,13H2,1-2H3,(H,39,40). The van der Waals surface area contributed by atoms with Gasteiger partial charge in [-0.2, -0.15) is 23.5 Å². The summed E-state index contributed by atoms with van der Waals surface area (Å²) in [5, 5.41) is 23.8. The van der Waals surface area contributed by atoms with Crippen molar-refractivity contribution >= 4 is 45.0 Å². The van der Waals surface area contributed by atoms with Gasteiger partial charge in [-0.15, -0.1) is 0 Å². The maximum atomic E-state index is 15.4. The smallest absolute Gasteiger partial charge is 0.410 e. The summed E-state index contributed by atoms with van der Waals surface area (Å²) in [6.07, 6.45) is -6.24. The van der Waals surface area contributed by atoms with Crippen LogP contribution in [0.4, 0.5) is 43.4 Å². The number of carboxylic acid groups (broad SMARTS) is 1. The quantitative estimate of drug-likeness (QED) is 0.292. The molecule has 9 nitrogen and oxygen atoms in total. The third kappa shape index (κ3) is 5.10. The normalized spacial score (nSPS) is 15.8. The number of hydrogen-bond acceptors (Lipinski definition) is 7. The van der Waals surface area contributed by atoms with Gasteiger partial charge in [0.1, 0.15) is 39.8 Å². The van der Waals surface area contributed by atoms with Gasteiger partial charge in [0.15, 0.2) is 10.9 Å². The molecule has 3 heterocycles. The largest absolute Gasteiger partial charge is 0.465 e. The van der Waals surface area contributed by atoms with Crippen LogP contribution in [0.15, 0.2) is 36.4 Å². The summed E-state index contributed by atoms with van der Waals surface area (Å²) < 4.78 is 72.4. The zero-order valence-electron chi connectivity index (χ0n) is 21.7. The second-order valence-corrected chi connectivity index (χ2v) is 10.3. The number of aromatic nitrogens is 3. The molecule has 41 heavy (non-hydrogen) atoms. The molecular weight excluding hydrogens is 569 g/mol. The number of anilines is 3. The van der Waals surface area contributed by atoms with Crippen molar-refractivity contribution < 1.29 is 31.9 Å². The maximum Gasteiger partial charge on any atom is 0.410 e. The van der Waals surface area contributed by atoms with E-state index in [0.717, 1.165) is 22.3 Å². The number of nitrogens with zero attached hydrogens (tertiary/aromatic N) is 7. The number of amides is 1. The van der Waals surface area contributed by atoms with Crippen molar-refractivity contribution in [3.63, 3.8) is 0 Å². The van der Waals surface area contributed by atoms with Crippen LogP contribution >= 0.6 is 11.3 Å². The Bertz CT molecular complexity index is 1660. The average molecular weight is 592 g/mol. The van der Waals surface area contributed by atoms with E-state index in [1.807, 2.05) is 0 Å². The number of halogens is 5. The Labute approximate surface area is 234 Å². The van der Waals surface area contributed by atoms with Crippen LogP contribution in [0.5, 0.6) is 0 Å². The molecule has 1 fully saturated rings. The zero-order valence-corrected chi connectivity index (χ0v) is 22.5. The molecule has 0 aliphatic carbocycles. The van der Waals surface area contributed by atoms with E-state index in [4.69, 9.17) is 0 Å². The van der Waals surface area contributed by atoms with E-state index in [2.05, 4.69) is 16.2 Å². The summed E-state index contributed by atoms with van der Waals surface area (Å²) in [4.78, 5) is 19.4. The Balaban J connectivity index is 1.61. The number of rotatable bonds is 5. The fraction of sp³-hybridized carbons (Fsp3) is 0.308. The van der Waals surface area contributed by atoms with Gasteiger partial charge in [0.05, 0.1) is 6.54 Å². The summed E-state index contributed by atoms with van der Waals surface area (Å²) in [6.45, 7) is 0.742. The molecule has 1 N–H and O–H groups in total. The average Bonchev–Trinajstić information content (AvgIpc) is 3.54. The SMILES string of the molecule is CCn1nc2c(F)cc(N3CCN(C(=O)O)CC3C(F)(F)F)cc2c1N(C)c1nc(-c2ccc(F)cc2)c(C#N)s1. The third-order valence-electron chi connectivity index (χ3n) is 6.85. The molecule has 1 aliphatic heterocycles. The van der Waals surface area contributed by atoms with Crippen molar-refractivity contribution in [3.05, 3.63) is 52.9 Å². The van der Waals surface area contributed by atoms with Crippen LogP contribution in [0, 0.1) is 23.0 Å². The highest BCUT2D eigenvalue weighted by Crippen LogP contribution is 2.40. The van der Waals surface area contributed by atoms with Gasteiger partial charge in [0.25, 0.3) is 0 Å². The van der Waals surface area contributed by atoms with E-state index >= 15 is 4.39 Å². The van der Waals surface area contributed by atoms with Gasteiger partial charge in [-0.1, -0.05) is 11.3 Å². The van der Waals surface area contributed by atoms with E-state index in [0.29, 0.717) is 27.1 Å². The molecule has 4 aromatic rings. The molecule has 1 aliphatic rings. The van der Waals surface area contributed by atoms with Gasteiger partial charge < -0.3 is 19.8 Å². The number of fused-ring (bicyclic) bond motifs is 1. The van der Waals surface area contributed by atoms with Gasteiger partial charge >= 0.3 is 12.3 Å². The lowest BCUT2D eigenvalue weighted by Crippen LogP contribution is -2.60. The first-order valence-corrected chi connectivity index (χ1v) is 13.2. The van der Waals surface area contributed by atoms with Crippen molar-refractivity contribution in [3.8, 4) is 17.3 Å². The molecule has 0 spiro atoms. The minimum absolute atomic E-state index is 0.0685. The Morgan fingerprint density at radius 3 is 2.54 bits per heavy atom. The van der Waals surface area contributed by atoms with E-state index < -0.39 is 36.5 Å². The lowest BCUT2D eigenvalue weighted by Gasteiger charge is -2.42. The predicted molar refractivity (Wildman–Crippen MR) is 142 cm³/mol. The van der Waals surface area contributed by atoms with Crippen LogP contribution in [0.3, 0.4) is 0 Å². The molecule has 0 bridgehead atoms. The number of thiazole rings is 1. The molecular formula is C26H22F5N7O2S. The van der Waals surface area contributed by atoms with Gasteiger partial charge in [0.2, 0.25) is 0 Å². The molecule has 1 saturated heterocycles. The van der Waals surface area contributed by atoms with Crippen LogP contribution in [0.2, 0.25) is 0 Å². The number of aryl methyl sites for hydroxylation is 1. The first-order valence-electron chi connectivity index (χ1n) is 12.3. The number of benzene rings is 2. The Hall–Kier alpha value is -4.45. The fourth-order valence-electron chi connectivity index (χ4n) is 4.87. The van der Waals surface area contributed by atoms with Gasteiger partial charge in [-0.05, 0) is 43.3 Å². The van der Waals surface area contributed by atoms with Crippen LogP contribution < -0.4 is 9.80 Å². The molecule has 0 radical (unpaired) electrons. The highest BCUT2D eigenvalue weighted by Gasteiger charge is 2.47. The third-order valence-corrected chi connectivity index (χ3v) is 7.89. The highest BCUT2D eigenvalue weighted by molar-refractivity contribution is 7.16. The monoisotopic (exact) mass is 591 g/mol. The highest BCUT2D eigenvalue weighted by atomic mass is 32.1. The molecule has 2 aromatic heterocycles. The summed E-state index contributed by atoms with van der Waals surface area (Å²) >= 11 is 1.04. The Morgan fingerprint density at radius 1 is 1.22 bits per heavy atom. The summed E-state index contributed by atoms with van der Waals surface area (Å²) in [5.41, 5.74) is 0.694. The van der Waals surface area contributed by atoms with E-state index in [9.17, 15) is 32.7 Å². The van der Waals surface area contributed by atoms with Crippen LogP contribution in [-0.4, -0.2) is 69.8 Å². The summed E-state index contributed by atoms with van der Waals surface area (Å²) in [7, 11) is 1.62. The second-order valence-electron chi connectivity index (χ2n) is 9.29. The Kier molecular flexibility index (Phi) is 7.20. The molecule has 1 amide bonds. The molecule has 1 atom stereocenters. The maximum absolute atomic E-state index is 15.4. The van der Waals surface area contributed by atoms with Crippen LogP contribution in [0.25, 0.3) is 22.2 Å². The van der Waals surface area contributed by atoms with Crippen LogP contribution in [0.1, 0.15) is 11.8 Å². The minimum Gasteiger partial charge on any atom is -0.465 e. The number of hydrogen-bond donors (Lipinski definition) is 1. The first kappa shape index (κ1) is 28.1. The lowest BCUT2D eigenvalue weighted by atomic mass is 10.1.